The first-order valence-corrected chi connectivity index (χ1v) is 9.93. The van der Waals surface area contributed by atoms with Gasteiger partial charge >= 0.3 is 0 Å². The first-order chi connectivity index (χ1) is 13.5. The summed E-state index contributed by atoms with van der Waals surface area (Å²) in [6.07, 6.45) is 0.718. The monoisotopic (exact) mass is 462 g/mol. The Kier molecular flexibility index (Phi) is 6.83. The number of carbonyl (C=O) groups is 1. The summed E-state index contributed by atoms with van der Waals surface area (Å²) in [7, 11) is 1.63. The van der Waals surface area contributed by atoms with Crippen LogP contribution in [0.15, 0.2) is 46.9 Å². The Morgan fingerprint density at radius 2 is 2.00 bits per heavy atom. The van der Waals surface area contributed by atoms with Gasteiger partial charge in [0, 0.05) is 35.3 Å². The van der Waals surface area contributed by atoms with Crippen molar-refractivity contribution < 1.29 is 9.53 Å². The average molecular weight is 464 g/mol. The molecule has 3 aromatic rings. The number of aryl methyl sites for hydroxylation is 1. The van der Waals surface area contributed by atoms with E-state index in [0.717, 1.165) is 27.7 Å². The summed E-state index contributed by atoms with van der Waals surface area (Å²) < 4.78 is 7.59. The number of carbonyl (C=O) groups excluding carboxylic acids is 1. The Bertz CT molecular complexity index is 973. The van der Waals surface area contributed by atoms with Gasteiger partial charge in [-0.2, -0.15) is 0 Å². The van der Waals surface area contributed by atoms with E-state index in [0.29, 0.717) is 24.0 Å². The number of ether oxygens (including phenoxy) is 1. The van der Waals surface area contributed by atoms with E-state index in [1.165, 1.54) is 0 Å². The van der Waals surface area contributed by atoms with Crippen molar-refractivity contribution in [2.45, 2.75) is 13.3 Å². The Hall–Kier alpha value is -2.22. The Balaban J connectivity index is 1.98. The van der Waals surface area contributed by atoms with Crippen LogP contribution in [0.5, 0.6) is 0 Å². The molecular formula is C20H20BrClN4O2. The molecule has 0 fully saturated rings. The maximum absolute atomic E-state index is 12.5. The molecule has 6 nitrogen and oxygen atoms in total. The Labute approximate surface area is 177 Å². The normalized spacial score (nSPS) is 10.9. The molecule has 0 radical (unpaired) electrons. The van der Waals surface area contributed by atoms with Crippen LogP contribution in [0.4, 0.5) is 0 Å². The zero-order valence-electron chi connectivity index (χ0n) is 15.6. The molecule has 0 aliphatic heterocycles. The van der Waals surface area contributed by atoms with Crippen LogP contribution in [0, 0.1) is 6.92 Å². The average Bonchev–Trinajstić information content (AvgIpc) is 3.13. The van der Waals surface area contributed by atoms with Gasteiger partial charge in [0.05, 0.1) is 5.69 Å². The summed E-state index contributed by atoms with van der Waals surface area (Å²) in [5.41, 5.74) is 2.54. The molecule has 1 amide bonds. The van der Waals surface area contributed by atoms with E-state index < -0.39 is 0 Å². The number of benzene rings is 2. The van der Waals surface area contributed by atoms with E-state index in [1.807, 2.05) is 49.4 Å². The fraction of sp³-hybridized carbons (Fsp3) is 0.250. The molecule has 0 saturated carbocycles. The van der Waals surface area contributed by atoms with E-state index in [9.17, 15) is 4.79 Å². The molecule has 0 spiro atoms. The van der Waals surface area contributed by atoms with Gasteiger partial charge in [-0.05, 0) is 43.2 Å². The lowest BCUT2D eigenvalue weighted by Crippen LogP contribution is -2.26. The minimum absolute atomic E-state index is 0.104. The SMILES string of the molecule is COCCCNC(=O)c1nc(-c2ccc(Br)cc2)n(-c2ccc(C)c(Cl)c2)n1. The van der Waals surface area contributed by atoms with E-state index in [1.54, 1.807) is 11.8 Å². The van der Waals surface area contributed by atoms with Gasteiger partial charge in [0.15, 0.2) is 5.82 Å². The van der Waals surface area contributed by atoms with Crippen molar-refractivity contribution in [3.63, 3.8) is 0 Å². The minimum atomic E-state index is -0.327. The highest BCUT2D eigenvalue weighted by Gasteiger charge is 2.19. The summed E-state index contributed by atoms with van der Waals surface area (Å²) in [6.45, 7) is 3.00. The van der Waals surface area contributed by atoms with Crippen LogP contribution in [0.3, 0.4) is 0 Å². The van der Waals surface area contributed by atoms with Gasteiger partial charge in [0.2, 0.25) is 5.82 Å². The largest absolute Gasteiger partial charge is 0.385 e. The van der Waals surface area contributed by atoms with Crippen LogP contribution in [0.25, 0.3) is 17.1 Å². The van der Waals surface area contributed by atoms with Gasteiger partial charge in [0.1, 0.15) is 0 Å². The van der Waals surface area contributed by atoms with E-state index in [2.05, 4.69) is 31.3 Å². The van der Waals surface area contributed by atoms with Crippen molar-refractivity contribution in [3.8, 4) is 17.1 Å². The second-order valence-corrected chi connectivity index (χ2v) is 7.54. The number of methoxy groups -OCH3 is 1. The van der Waals surface area contributed by atoms with Gasteiger partial charge in [0.25, 0.3) is 5.91 Å². The highest BCUT2D eigenvalue weighted by Crippen LogP contribution is 2.25. The fourth-order valence-electron chi connectivity index (χ4n) is 2.59. The summed E-state index contributed by atoms with van der Waals surface area (Å²) in [4.78, 5) is 17.0. The molecule has 0 aliphatic carbocycles. The van der Waals surface area contributed by atoms with E-state index in [4.69, 9.17) is 16.3 Å². The van der Waals surface area contributed by atoms with E-state index in [-0.39, 0.29) is 11.7 Å². The van der Waals surface area contributed by atoms with E-state index >= 15 is 0 Å². The van der Waals surface area contributed by atoms with Crippen molar-refractivity contribution in [3.05, 3.63) is 63.3 Å². The van der Waals surface area contributed by atoms with Crippen LogP contribution in [-0.2, 0) is 4.74 Å². The lowest BCUT2D eigenvalue weighted by atomic mass is 10.2. The molecule has 1 N–H and O–H groups in total. The lowest BCUT2D eigenvalue weighted by molar-refractivity contribution is 0.0938. The lowest BCUT2D eigenvalue weighted by Gasteiger charge is -2.07. The fourth-order valence-corrected chi connectivity index (χ4v) is 3.02. The maximum atomic E-state index is 12.5. The molecule has 1 heterocycles. The number of nitrogens with one attached hydrogen (secondary N) is 1. The standard InChI is InChI=1S/C20H20BrClN4O2/c1-13-4-9-16(12-17(13)22)26-19(14-5-7-15(21)8-6-14)24-18(25-26)20(27)23-10-3-11-28-2/h4-9,12H,3,10-11H2,1-2H3,(H,23,27). The van der Waals surface area contributed by atoms with Crippen LogP contribution in [0.2, 0.25) is 5.02 Å². The number of nitrogens with zero attached hydrogens (tertiary/aromatic N) is 3. The van der Waals surface area contributed by atoms with Crippen molar-refractivity contribution in [1.82, 2.24) is 20.1 Å². The molecule has 146 valence electrons. The highest BCUT2D eigenvalue weighted by molar-refractivity contribution is 9.10. The first kappa shape index (κ1) is 20.5. The van der Waals surface area contributed by atoms with Gasteiger partial charge in [-0.25, -0.2) is 9.67 Å². The quantitative estimate of drug-likeness (QED) is 0.527. The zero-order valence-corrected chi connectivity index (χ0v) is 17.9. The molecule has 0 unspecified atom stereocenters. The summed E-state index contributed by atoms with van der Waals surface area (Å²) in [6, 6.07) is 13.3. The third-order valence-electron chi connectivity index (χ3n) is 4.12. The Morgan fingerprint density at radius 1 is 1.25 bits per heavy atom. The predicted molar refractivity (Wildman–Crippen MR) is 113 cm³/mol. The second-order valence-electron chi connectivity index (χ2n) is 6.21. The molecule has 0 aliphatic rings. The molecule has 0 saturated heterocycles. The van der Waals surface area contributed by atoms with Crippen molar-refractivity contribution in [2.24, 2.45) is 0 Å². The molecule has 1 aromatic heterocycles. The summed E-state index contributed by atoms with van der Waals surface area (Å²) >= 11 is 9.73. The third-order valence-corrected chi connectivity index (χ3v) is 5.06. The summed E-state index contributed by atoms with van der Waals surface area (Å²) in [5.74, 6) is 0.341. The number of hydrogen-bond acceptors (Lipinski definition) is 4. The van der Waals surface area contributed by atoms with Gasteiger partial charge in [-0.1, -0.05) is 45.7 Å². The predicted octanol–water partition coefficient (Wildman–Crippen LogP) is 4.42. The highest BCUT2D eigenvalue weighted by atomic mass is 79.9. The smallest absolute Gasteiger partial charge is 0.290 e. The number of hydrogen-bond donors (Lipinski definition) is 1. The molecule has 0 bridgehead atoms. The molecule has 0 atom stereocenters. The van der Waals surface area contributed by atoms with Gasteiger partial charge < -0.3 is 10.1 Å². The van der Waals surface area contributed by atoms with Crippen LogP contribution >= 0.6 is 27.5 Å². The molecular weight excluding hydrogens is 444 g/mol. The topological polar surface area (TPSA) is 69.0 Å². The molecule has 2 aromatic carbocycles. The van der Waals surface area contributed by atoms with Crippen molar-refractivity contribution in [2.75, 3.05) is 20.3 Å². The molecule has 28 heavy (non-hydrogen) atoms. The number of aromatic nitrogens is 3. The third kappa shape index (κ3) is 4.79. The molecule has 8 heteroatoms. The second kappa shape index (κ2) is 9.32. The number of halogens is 2. The maximum Gasteiger partial charge on any atom is 0.290 e. The van der Waals surface area contributed by atoms with Crippen molar-refractivity contribution in [1.29, 1.82) is 0 Å². The summed E-state index contributed by atoms with van der Waals surface area (Å²) in [5, 5.41) is 7.88. The van der Waals surface area contributed by atoms with Gasteiger partial charge in [-0.3, -0.25) is 4.79 Å². The van der Waals surface area contributed by atoms with Crippen LogP contribution in [-0.4, -0.2) is 40.9 Å². The van der Waals surface area contributed by atoms with Crippen molar-refractivity contribution >= 4 is 33.4 Å². The number of rotatable bonds is 7. The van der Waals surface area contributed by atoms with Gasteiger partial charge in [-0.15, -0.1) is 5.10 Å². The number of amides is 1. The zero-order chi connectivity index (χ0) is 20.1. The minimum Gasteiger partial charge on any atom is -0.385 e. The molecule has 3 rings (SSSR count). The first-order valence-electron chi connectivity index (χ1n) is 8.76. The van der Waals surface area contributed by atoms with Crippen LogP contribution < -0.4 is 5.32 Å². The van der Waals surface area contributed by atoms with Crippen LogP contribution in [0.1, 0.15) is 22.6 Å². The Morgan fingerprint density at radius 3 is 2.68 bits per heavy atom.